The maximum absolute atomic E-state index is 12.0. The number of aromatic nitrogens is 1. The first-order valence-corrected chi connectivity index (χ1v) is 5.87. The number of carbonyl (C=O) groups excluding carboxylic acids is 1. The summed E-state index contributed by atoms with van der Waals surface area (Å²) < 4.78 is 5.42. The predicted octanol–water partition coefficient (Wildman–Crippen LogP) is 0.785. The summed E-state index contributed by atoms with van der Waals surface area (Å²) in [6, 6.07) is 1.73. The smallest absolute Gasteiger partial charge is 0.254 e. The molecule has 2 rings (SSSR count). The van der Waals surface area contributed by atoms with Gasteiger partial charge >= 0.3 is 0 Å². The van der Waals surface area contributed by atoms with Gasteiger partial charge in [0.1, 0.15) is 0 Å². The molecular weight excluding hydrogens is 218 g/mol. The molecule has 0 saturated heterocycles. The van der Waals surface area contributed by atoms with Crippen LogP contribution in [-0.4, -0.2) is 35.5 Å². The fraction of sp³-hybridized carbons (Fsp3) is 0.500. The van der Waals surface area contributed by atoms with E-state index in [4.69, 9.17) is 10.5 Å². The van der Waals surface area contributed by atoms with Gasteiger partial charge in [-0.25, -0.2) is 4.98 Å². The van der Waals surface area contributed by atoms with Gasteiger partial charge in [0.15, 0.2) is 0 Å². The minimum Gasteiger partial charge on any atom is -0.478 e. The molecule has 0 bridgehead atoms. The first-order valence-electron chi connectivity index (χ1n) is 5.87. The van der Waals surface area contributed by atoms with Crippen LogP contribution in [0.4, 0.5) is 0 Å². The monoisotopic (exact) mass is 235 g/mol. The van der Waals surface area contributed by atoms with E-state index in [0.29, 0.717) is 37.7 Å². The van der Waals surface area contributed by atoms with Gasteiger partial charge in [-0.3, -0.25) is 4.79 Å². The first kappa shape index (κ1) is 11.9. The molecule has 2 N–H and O–H groups in total. The number of hydrogen-bond donors (Lipinski definition) is 1. The highest BCUT2D eigenvalue weighted by Crippen LogP contribution is 2.24. The van der Waals surface area contributed by atoms with E-state index >= 15 is 0 Å². The van der Waals surface area contributed by atoms with E-state index in [2.05, 4.69) is 4.98 Å². The molecule has 0 spiro atoms. The van der Waals surface area contributed by atoms with Gasteiger partial charge in [-0.05, 0) is 6.42 Å². The Labute approximate surface area is 101 Å². The molecule has 0 radical (unpaired) electrons. The molecule has 17 heavy (non-hydrogen) atoms. The Hall–Kier alpha value is -1.62. The Morgan fingerprint density at radius 2 is 2.41 bits per heavy atom. The SMILES string of the molecule is CCCOc1cc2c(cn1)CN(CCN)C2=O. The highest BCUT2D eigenvalue weighted by atomic mass is 16.5. The van der Waals surface area contributed by atoms with Crippen LogP contribution < -0.4 is 10.5 Å². The molecule has 0 unspecified atom stereocenters. The number of hydrogen-bond acceptors (Lipinski definition) is 4. The lowest BCUT2D eigenvalue weighted by atomic mass is 10.2. The first-order chi connectivity index (χ1) is 8.26. The molecule has 1 aromatic heterocycles. The minimum absolute atomic E-state index is 0.0224. The van der Waals surface area contributed by atoms with Crippen molar-refractivity contribution in [1.29, 1.82) is 0 Å². The van der Waals surface area contributed by atoms with Crippen molar-refractivity contribution in [1.82, 2.24) is 9.88 Å². The van der Waals surface area contributed by atoms with Crippen molar-refractivity contribution in [3.05, 3.63) is 23.4 Å². The number of pyridine rings is 1. The molecule has 92 valence electrons. The number of amides is 1. The fourth-order valence-corrected chi connectivity index (χ4v) is 1.86. The molecule has 0 fully saturated rings. The molecule has 2 heterocycles. The summed E-state index contributed by atoms with van der Waals surface area (Å²) in [4.78, 5) is 17.9. The van der Waals surface area contributed by atoms with Gasteiger partial charge < -0.3 is 15.4 Å². The molecule has 1 amide bonds. The Bertz CT molecular complexity index is 420. The molecule has 1 aliphatic rings. The lowest BCUT2D eigenvalue weighted by Crippen LogP contribution is -2.29. The molecule has 1 aromatic rings. The average Bonchev–Trinajstić information content (AvgIpc) is 2.65. The van der Waals surface area contributed by atoms with Gasteiger partial charge in [-0.2, -0.15) is 0 Å². The Morgan fingerprint density at radius 3 is 3.12 bits per heavy atom. The van der Waals surface area contributed by atoms with Crippen molar-refractivity contribution < 1.29 is 9.53 Å². The Morgan fingerprint density at radius 1 is 1.59 bits per heavy atom. The van der Waals surface area contributed by atoms with Crippen molar-refractivity contribution in [2.24, 2.45) is 5.73 Å². The van der Waals surface area contributed by atoms with E-state index < -0.39 is 0 Å². The highest BCUT2D eigenvalue weighted by Gasteiger charge is 2.27. The maximum atomic E-state index is 12.0. The third kappa shape index (κ3) is 2.39. The lowest BCUT2D eigenvalue weighted by molar-refractivity contribution is 0.0783. The normalized spacial score (nSPS) is 14.0. The van der Waals surface area contributed by atoms with Crippen LogP contribution in [0.25, 0.3) is 0 Å². The van der Waals surface area contributed by atoms with Crippen LogP contribution in [0.3, 0.4) is 0 Å². The standard InChI is InChI=1S/C12H17N3O2/c1-2-5-17-11-6-10-9(7-14-11)8-15(4-3-13)12(10)16/h6-7H,2-5,8,13H2,1H3. The highest BCUT2D eigenvalue weighted by molar-refractivity contribution is 5.98. The summed E-state index contributed by atoms with van der Waals surface area (Å²) in [7, 11) is 0. The quantitative estimate of drug-likeness (QED) is 0.819. The van der Waals surface area contributed by atoms with Crippen molar-refractivity contribution in [3.63, 3.8) is 0 Å². The van der Waals surface area contributed by atoms with E-state index in [1.807, 2.05) is 6.92 Å². The number of nitrogens with zero attached hydrogens (tertiary/aromatic N) is 2. The third-order valence-corrected chi connectivity index (χ3v) is 2.69. The van der Waals surface area contributed by atoms with Crippen molar-refractivity contribution in [2.75, 3.05) is 19.7 Å². The summed E-state index contributed by atoms with van der Waals surface area (Å²) >= 11 is 0. The van der Waals surface area contributed by atoms with Crippen LogP contribution in [0.5, 0.6) is 5.88 Å². The summed E-state index contributed by atoms with van der Waals surface area (Å²) in [6.45, 7) is 4.31. The molecule has 1 aliphatic heterocycles. The van der Waals surface area contributed by atoms with Gasteiger partial charge in [0.25, 0.3) is 5.91 Å². The molecule has 0 saturated carbocycles. The summed E-state index contributed by atoms with van der Waals surface area (Å²) in [6.07, 6.45) is 2.64. The van der Waals surface area contributed by atoms with Crippen molar-refractivity contribution in [2.45, 2.75) is 19.9 Å². The van der Waals surface area contributed by atoms with Crippen LogP contribution in [0.2, 0.25) is 0 Å². The summed E-state index contributed by atoms with van der Waals surface area (Å²) in [5, 5.41) is 0. The second-order valence-electron chi connectivity index (χ2n) is 4.04. The number of rotatable bonds is 5. The Kier molecular flexibility index (Phi) is 3.58. The maximum Gasteiger partial charge on any atom is 0.254 e. The van der Waals surface area contributed by atoms with E-state index in [1.54, 1.807) is 17.2 Å². The van der Waals surface area contributed by atoms with Crippen LogP contribution >= 0.6 is 0 Å². The van der Waals surface area contributed by atoms with E-state index in [9.17, 15) is 4.79 Å². The second-order valence-corrected chi connectivity index (χ2v) is 4.04. The predicted molar refractivity (Wildman–Crippen MR) is 63.8 cm³/mol. The largest absolute Gasteiger partial charge is 0.478 e. The van der Waals surface area contributed by atoms with Gasteiger partial charge in [-0.15, -0.1) is 0 Å². The molecule has 5 heteroatoms. The van der Waals surface area contributed by atoms with Crippen LogP contribution in [0.1, 0.15) is 29.3 Å². The lowest BCUT2D eigenvalue weighted by Gasteiger charge is -2.12. The van der Waals surface area contributed by atoms with Crippen LogP contribution in [0, 0.1) is 0 Å². The van der Waals surface area contributed by atoms with Gasteiger partial charge in [0, 0.05) is 37.5 Å². The average molecular weight is 235 g/mol. The Balaban J connectivity index is 2.16. The number of carbonyl (C=O) groups is 1. The molecular formula is C12H17N3O2. The fourth-order valence-electron chi connectivity index (χ4n) is 1.86. The van der Waals surface area contributed by atoms with Crippen LogP contribution in [-0.2, 0) is 6.54 Å². The van der Waals surface area contributed by atoms with Crippen LogP contribution in [0.15, 0.2) is 12.3 Å². The van der Waals surface area contributed by atoms with E-state index in [1.165, 1.54) is 0 Å². The second kappa shape index (κ2) is 5.14. The zero-order chi connectivity index (χ0) is 12.3. The number of ether oxygens (including phenoxy) is 1. The minimum atomic E-state index is 0.0224. The van der Waals surface area contributed by atoms with Crippen molar-refractivity contribution in [3.8, 4) is 5.88 Å². The summed E-state index contributed by atoms with van der Waals surface area (Å²) in [5.41, 5.74) is 7.11. The van der Waals surface area contributed by atoms with E-state index in [0.717, 1.165) is 12.0 Å². The third-order valence-electron chi connectivity index (χ3n) is 2.69. The number of fused-ring (bicyclic) bond motifs is 1. The van der Waals surface area contributed by atoms with Gasteiger partial charge in [0.2, 0.25) is 5.88 Å². The molecule has 0 aliphatic carbocycles. The zero-order valence-electron chi connectivity index (χ0n) is 9.98. The molecule has 0 atom stereocenters. The van der Waals surface area contributed by atoms with Gasteiger partial charge in [0.05, 0.1) is 12.2 Å². The summed E-state index contributed by atoms with van der Waals surface area (Å²) in [5.74, 6) is 0.544. The molecule has 5 nitrogen and oxygen atoms in total. The van der Waals surface area contributed by atoms with Gasteiger partial charge in [-0.1, -0.05) is 6.92 Å². The van der Waals surface area contributed by atoms with Crippen molar-refractivity contribution >= 4 is 5.91 Å². The molecule has 0 aromatic carbocycles. The van der Waals surface area contributed by atoms with E-state index in [-0.39, 0.29) is 5.91 Å². The topological polar surface area (TPSA) is 68.4 Å². The zero-order valence-corrected chi connectivity index (χ0v) is 9.98. The number of nitrogens with two attached hydrogens (primary N) is 1.